The second-order valence-electron chi connectivity index (χ2n) is 7.21. The van der Waals surface area contributed by atoms with E-state index in [0.29, 0.717) is 26.0 Å². The standard InChI is InChI=1S/C20H31N3O5S/c1-28-15-5-13-21-19(24)20(25)22-14-12-16-8-10-18(11-9-16)29(26,27)23-17-6-3-2-4-7-17/h8-11,17,23H,2-7,12-15H2,1H3,(H,21,24)(H,22,25). The Kier molecular flexibility index (Phi) is 9.56. The van der Waals surface area contributed by atoms with Crippen molar-refractivity contribution < 1.29 is 22.7 Å². The second kappa shape index (κ2) is 11.9. The maximum Gasteiger partial charge on any atom is 0.309 e. The average molecular weight is 426 g/mol. The maximum absolute atomic E-state index is 12.5. The van der Waals surface area contributed by atoms with Crippen LogP contribution in [0.3, 0.4) is 0 Å². The highest BCUT2D eigenvalue weighted by molar-refractivity contribution is 7.89. The molecule has 1 aromatic rings. The summed E-state index contributed by atoms with van der Waals surface area (Å²) >= 11 is 0. The van der Waals surface area contributed by atoms with Gasteiger partial charge in [-0.05, 0) is 43.4 Å². The monoisotopic (exact) mass is 425 g/mol. The Balaban J connectivity index is 1.75. The fraction of sp³-hybridized carbons (Fsp3) is 0.600. The molecular weight excluding hydrogens is 394 g/mol. The van der Waals surface area contributed by atoms with Gasteiger partial charge in [0, 0.05) is 32.8 Å². The number of carbonyl (C=O) groups is 2. The number of rotatable bonds is 10. The van der Waals surface area contributed by atoms with Crippen molar-refractivity contribution in [2.45, 2.75) is 55.9 Å². The lowest BCUT2D eigenvalue weighted by Gasteiger charge is -2.22. The quantitative estimate of drug-likeness (QED) is 0.384. The molecular formula is C20H31N3O5S. The largest absolute Gasteiger partial charge is 0.385 e. The first-order valence-corrected chi connectivity index (χ1v) is 11.6. The van der Waals surface area contributed by atoms with Crippen LogP contribution in [0.1, 0.15) is 44.1 Å². The summed E-state index contributed by atoms with van der Waals surface area (Å²) in [5, 5.41) is 5.08. The second-order valence-corrected chi connectivity index (χ2v) is 8.92. The lowest BCUT2D eigenvalue weighted by Crippen LogP contribution is -2.41. The zero-order valence-corrected chi connectivity index (χ0v) is 17.7. The van der Waals surface area contributed by atoms with Crippen LogP contribution in [0.4, 0.5) is 0 Å². The highest BCUT2D eigenvalue weighted by Gasteiger charge is 2.21. The first-order valence-electron chi connectivity index (χ1n) is 10.1. The van der Waals surface area contributed by atoms with Gasteiger partial charge in [-0.15, -0.1) is 0 Å². The molecule has 0 saturated heterocycles. The van der Waals surface area contributed by atoms with Crippen LogP contribution in [0.25, 0.3) is 0 Å². The molecule has 3 N–H and O–H groups in total. The molecule has 1 fully saturated rings. The van der Waals surface area contributed by atoms with Gasteiger partial charge in [0.05, 0.1) is 4.90 Å². The molecule has 1 aromatic carbocycles. The van der Waals surface area contributed by atoms with Crippen LogP contribution < -0.4 is 15.4 Å². The summed E-state index contributed by atoms with van der Waals surface area (Å²) in [5.74, 6) is -1.35. The molecule has 1 aliphatic carbocycles. The van der Waals surface area contributed by atoms with E-state index in [2.05, 4.69) is 15.4 Å². The Morgan fingerprint density at radius 3 is 2.24 bits per heavy atom. The van der Waals surface area contributed by atoms with E-state index in [0.717, 1.165) is 31.2 Å². The number of amides is 2. The molecule has 0 atom stereocenters. The Bertz CT molecular complexity index is 759. The van der Waals surface area contributed by atoms with Crippen molar-refractivity contribution in [2.24, 2.45) is 0 Å². The lowest BCUT2D eigenvalue weighted by atomic mass is 9.96. The Morgan fingerprint density at radius 2 is 1.62 bits per heavy atom. The minimum Gasteiger partial charge on any atom is -0.385 e. The van der Waals surface area contributed by atoms with Gasteiger partial charge in [-0.1, -0.05) is 31.4 Å². The predicted octanol–water partition coefficient (Wildman–Crippen LogP) is 1.11. The molecule has 1 aliphatic rings. The summed E-state index contributed by atoms with van der Waals surface area (Å²) in [6.45, 7) is 1.19. The summed E-state index contributed by atoms with van der Waals surface area (Å²) in [6.07, 6.45) is 6.19. The van der Waals surface area contributed by atoms with E-state index in [9.17, 15) is 18.0 Å². The Labute approximate surface area is 172 Å². The highest BCUT2D eigenvalue weighted by Crippen LogP contribution is 2.20. The molecule has 29 heavy (non-hydrogen) atoms. The molecule has 1 saturated carbocycles. The van der Waals surface area contributed by atoms with Gasteiger partial charge in [0.1, 0.15) is 0 Å². The average Bonchev–Trinajstić information content (AvgIpc) is 2.72. The minimum absolute atomic E-state index is 0.0179. The molecule has 0 radical (unpaired) electrons. The van der Waals surface area contributed by atoms with E-state index < -0.39 is 21.8 Å². The van der Waals surface area contributed by atoms with Crippen LogP contribution in [0, 0.1) is 0 Å². The molecule has 162 valence electrons. The summed E-state index contributed by atoms with van der Waals surface area (Å²) in [6, 6.07) is 6.62. The van der Waals surface area contributed by atoms with Crippen LogP contribution in [0.5, 0.6) is 0 Å². The van der Waals surface area contributed by atoms with Gasteiger partial charge >= 0.3 is 11.8 Å². The molecule has 0 heterocycles. The molecule has 2 amide bonds. The topological polar surface area (TPSA) is 114 Å². The summed E-state index contributed by atoms with van der Waals surface area (Å²) in [5.41, 5.74) is 0.877. The number of benzene rings is 1. The molecule has 0 bridgehead atoms. The lowest BCUT2D eigenvalue weighted by molar-refractivity contribution is -0.139. The van der Waals surface area contributed by atoms with Gasteiger partial charge in [0.25, 0.3) is 0 Å². The fourth-order valence-electron chi connectivity index (χ4n) is 3.24. The fourth-order valence-corrected chi connectivity index (χ4v) is 4.55. The summed E-state index contributed by atoms with van der Waals surface area (Å²) in [4.78, 5) is 23.6. The Hall–Kier alpha value is -1.97. The van der Waals surface area contributed by atoms with Crippen LogP contribution in [0.2, 0.25) is 0 Å². The molecule has 0 aliphatic heterocycles. The van der Waals surface area contributed by atoms with E-state index in [4.69, 9.17) is 4.74 Å². The van der Waals surface area contributed by atoms with E-state index in [1.165, 1.54) is 6.42 Å². The maximum atomic E-state index is 12.5. The van der Waals surface area contributed by atoms with Crippen LogP contribution in [0.15, 0.2) is 29.2 Å². The van der Waals surface area contributed by atoms with Crippen LogP contribution in [-0.4, -0.2) is 53.1 Å². The van der Waals surface area contributed by atoms with Crippen molar-refractivity contribution in [1.29, 1.82) is 0 Å². The van der Waals surface area contributed by atoms with Crippen LogP contribution >= 0.6 is 0 Å². The number of nitrogens with one attached hydrogen (secondary N) is 3. The SMILES string of the molecule is COCCCNC(=O)C(=O)NCCc1ccc(S(=O)(=O)NC2CCCCC2)cc1. The molecule has 2 rings (SSSR count). The van der Waals surface area contributed by atoms with Crippen molar-refractivity contribution >= 4 is 21.8 Å². The van der Waals surface area contributed by atoms with E-state index >= 15 is 0 Å². The van der Waals surface area contributed by atoms with E-state index in [1.807, 2.05) is 0 Å². The van der Waals surface area contributed by atoms with Gasteiger partial charge in [0.15, 0.2) is 0 Å². The predicted molar refractivity (Wildman–Crippen MR) is 110 cm³/mol. The molecule has 0 spiro atoms. The first-order chi connectivity index (χ1) is 13.9. The number of hydrogen-bond acceptors (Lipinski definition) is 5. The van der Waals surface area contributed by atoms with Gasteiger partial charge in [-0.3, -0.25) is 9.59 Å². The van der Waals surface area contributed by atoms with Gasteiger partial charge in [0.2, 0.25) is 10.0 Å². The number of hydrogen-bond donors (Lipinski definition) is 3. The van der Waals surface area contributed by atoms with Crippen molar-refractivity contribution in [2.75, 3.05) is 26.8 Å². The normalized spacial score (nSPS) is 15.1. The third-order valence-corrected chi connectivity index (χ3v) is 6.41. The van der Waals surface area contributed by atoms with Crippen molar-refractivity contribution in [1.82, 2.24) is 15.4 Å². The number of ether oxygens (including phenoxy) is 1. The summed E-state index contributed by atoms with van der Waals surface area (Å²) < 4.78 is 32.7. The van der Waals surface area contributed by atoms with Crippen molar-refractivity contribution in [3.8, 4) is 0 Å². The zero-order valence-electron chi connectivity index (χ0n) is 16.9. The first kappa shape index (κ1) is 23.3. The zero-order chi connectivity index (χ0) is 21.1. The molecule has 0 aromatic heterocycles. The smallest absolute Gasteiger partial charge is 0.309 e. The van der Waals surface area contributed by atoms with E-state index in [1.54, 1.807) is 31.4 Å². The minimum atomic E-state index is -3.52. The van der Waals surface area contributed by atoms with Crippen molar-refractivity contribution in [3.05, 3.63) is 29.8 Å². The van der Waals surface area contributed by atoms with Crippen molar-refractivity contribution in [3.63, 3.8) is 0 Å². The number of methoxy groups -OCH3 is 1. The third-order valence-electron chi connectivity index (χ3n) is 4.88. The molecule has 0 unspecified atom stereocenters. The van der Waals surface area contributed by atoms with E-state index in [-0.39, 0.29) is 17.5 Å². The third kappa shape index (κ3) is 8.12. The van der Waals surface area contributed by atoms with Crippen LogP contribution in [-0.2, 0) is 30.8 Å². The number of carbonyl (C=O) groups excluding carboxylic acids is 2. The molecule has 8 nitrogen and oxygen atoms in total. The highest BCUT2D eigenvalue weighted by atomic mass is 32.2. The Morgan fingerprint density at radius 1 is 1.00 bits per heavy atom. The number of sulfonamides is 1. The van der Waals surface area contributed by atoms with Gasteiger partial charge in [-0.2, -0.15) is 0 Å². The molecule has 9 heteroatoms. The van der Waals surface area contributed by atoms with Gasteiger partial charge in [-0.25, -0.2) is 13.1 Å². The van der Waals surface area contributed by atoms with Gasteiger partial charge < -0.3 is 15.4 Å². The summed E-state index contributed by atoms with van der Waals surface area (Å²) in [7, 11) is -1.94.